The first kappa shape index (κ1) is 15.8. The molecule has 0 fully saturated rings. The van der Waals surface area contributed by atoms with Gasteiger partial charge in [0.25, 0.3) is 0 Å². The van der Waals surface area contributed by atoms with Gasteiger partial charge in [-0.25, -0.2) is 9.97 Å². The molecule has 0 atom stereocenters. The molecular formula is C18H21N7. The van der Waals surface area contributed by atoms with Gasteiger partial charge >= 0.3 is 0 Å². The summed E-state index contributed by atoms with van der Waals surface area (Å²) in [6.45, 7) is 6.70. The van der Waals surface area contributed by atoms with Crippen LogP contribution in [0.2, 0.25) is 0 Å². The lowest BCUT2D eigenvalue weighted by atomic mass is 10.1. The first-order valence-corrected chi connectivity index (χ1v) is 8.60. The molecule has 1 aliphatic heterocycles. The summed E-state index contributed by atoms with van der Waals surface area (Å²) in [7, 11) is 0. The van der Waals surface area contributed by atoms with E-state index in [1.165, 1.54) is 5.56 Å². The lowest BCUT2D eigenvalue weighted by Crippen LogP contribution is -2.32. The summed E-state index contributed by atoms with van der Waals surface area (Å²) in [5, 5.41) is 12.2. The molecule has 0 amide bonds. The molecule has 0 N–H and O–H groups in total. The van der Waals surface area contributed by atoms with E-state index in [0.29, 0.717) is 12.5 Å². The van der Waals surface area contributed by atoms with E-state index in [-0.39, 0.29) is 0 Å². The van der Waals surface area contributed by atoms with Crippen molar-refractivity contribution in [2.75, 3.05) is 6.54 Å². The van der Waals surface area contributed by atoms with E-state index in [1.807, 2.05) is 36.5 Å². The molecule has 4 rings (SSSR count). The van der Waals surface area contributed by atoms with Crippen molar-refractivity contribution in [2.45, 2.75) is 39.3 Å². The SMILES string of the molecule is CC(C)c1ncc2c(n1)CN(Cc1nnnn1-c1ccccc1)CC2. The summed E-state index contributed by atoms with van der Waals surface area (Å²) in [5.41, 5.74) is 3.36. The second kappa shape index (κ2) is 6.68. The number of rotatable bonds is 4. The number of fused-ring (bicyclic) bond motifs is 1. The molecule has 0 unspecified atom stereocenters. The van der Waals surface area contributed by atoms with Crippen LogP contribution in [0.4, 0.5) is 0 Å². The molecule has 0 saturated heterocycles. The molecule has 0 saturated carbocycles. The van der Waals surface area contributed by atoms with Gasteiger partial charge in [-0.3, -0.25) is 4.90 Å². The van der Waals surface area contributed by atoms with Crippen molar-refractivity contribution in [3.8, 4) is 5.69 Å². The van der Waals surface area contributed by atoms with Gasteiger partial charge in [-0.05, 0) is 34.5 Å². The smallest absolute Gasteiger partial charge is 0.170 e. The Bertz CT molecular complexity index is 857. The Morgan fingerprint density at radius 3 is 2.80 bits per heavy atom. The standard InChI is InChI=1S/C18H21N7/c1-13(2)18-19-10-14-8-9-24(11-16(14)20-18)12-17-21-22-23-25(17)15-6-4-3-5-7-15/h3-7,10,13H,8-9,11-12H2,1-2H3. The fourth-order valence-electron chi connectivity index (χ4n) is 3.06. The maximum Gasteiger partial charge on any atom is 0.170 e. The van der Waals surface area contributed by atoms with Crippen LogP contribution >= 0.6 is 0 Å². The van der Waals surface area contributed by atoms with E-state index in [1.54, 1.807) is 4.68 Å². The largest absolute Gasteiger partial charge is 0.290 e. The van der Waals surface area contributed by atoms with Crippen molar-refractivity contribution >= 4 is 0 Å². The van der Waals surface area contributed by atoms with Crippen LogP contribution in [-0.4, -0.2) is 41.6 Å². The number of benzene rings is 1. The number of tetrazole rings is 1. The third-order valence-corrected chi connectivity index (χ3v) is 4.46. The van der Waals surface area contributed by atoms with Crippen LogP contribution in [0.1, 0.15) is 42.7 Å². The van der Waals surface area contributed by atoms with E-state index >= 15 is 0 Å². The van der Waals surface area contributed by atoms with E-state index < -0.39 is 0 Å². The highest BCUT2D eigenvalue weighted by Gasteiger charge is 2.21. The average Bonchev–Trinajstić information content (AvgIpc) is 3.10. The summed E-state index contributed by atoms with van der Waals surface area (Å²) in [6, 6.07) is 9.98. The van der Waals surface area contributed by atoms with Gasteiger partial charge in [0.05, 0.1) is 17.9 Å². The number of para-hydroxylation sites is 1. The van der Waals surface area contributed by atoms with Crippen LogP contribution in [0, 0.1) is 0 Å². The molecule has 1 aromatic carbocycles. The summed E-state index contributed by atoms with van der Waals surface area (Å²) < 4.78 is 1.80. The second-order valence-electron chi connectivity index (χ2n) is 6.66. The monoisotopic (exact) mass is 335 g/mol. The molecule has 7 nitrogen and oxygen atoms in total. The average molecular weight is 335 g/mol. The van der Waals surface area contributed by atoms with E-state index in [4.69, 9.17) is 4.98 Å². The molecule has 0 aliphatic carbocycles. The fourth-order valence-corrected chi connectivity index (χ4v) is 3.06. The minimum absolute atomic E-state index is 0.339. The second-order valence-corrected chi connectivity index (χ2v) is 6.66. The molecule has 1 aliphatic rings. The summed E-state index contributed by atoms with van der Waals surface area (Å²) in [5.74, 6) is 2.09. The lowest BCUT2D eigenvalue weighted by Gasteiger charge is -2.27. The van der Waals surface area contributed by atoms with Crippen LogP contribution in [0.3, 0.4) is 0 Å². The van der Waals surface area contributed by atoms with Crippen molar-refractivity contribution < 1.29 is 0 Å². The van der Waals surface area contributed by atoms with Crippen molar-refractivity contribution in [1.82, 2.24) is 35.1 Å². The Kier molecular flexibility index (Phi) is 4.23. The van der Waals surface area contributed by atoms with Crippen molar-refractivity contribution in [2.24, 2.45) is 0 Å². The zero-order chi connectivity index (χ0) is 17.2. The first-order chi connectivity index (χ1) is 12.2. The van der Waals surface area contributed by atoms with Crippen LogP contribution in [-0.2, 0) is 19.5 Å². The van der Waals surface area contributed by atoms with Crippen molar-refractivity contribution in [3.63, 3.8) is 0 Å². The number of hydrogen-bond acceptors (Lipinski definition) is 6. The third kappa shape index (κ3) is 3.28. The quantitative estimate of drug-likeness (QED) is 0.727. The predicted molar refractivity (Wildman–Crippen MR) is 93.1 cm³/mol. The van der Waals surface area contributed by atoms with E-state index in [9.17, 15) is 0 Å². The highest BCUT2D eigenvalue weighted by atomic mass is 15.5. The highest BCUT2D eigenvalue weighted by molar-refractivity contribution is 5.30. The minimum atomic E-state index is 0.339. The Hall–Kier alpha value is -2.67. The molecule has 7 heteroatoms. The lowest BCUT2D eigenvalue weighted by molar-refractivity contribution is 0.232. The predicted octanol–water partition coefficient (Wildman–Crippen LogP) is 2.13. The van der Waals surface area contributed by atoms with Crippen molar-refractivity contribution in [1.29, 1.82) is 0 Å². The molecule has 128 valence electrons. The fraction of sp³-hybridized carbons (Fsp3) is 0.389. The van der Waals surface area contributed by atoms with Crippen LogP contribution in [0.25, 0.3) is 5.69 Å². The van der Waals surface area contributed by atoms with E-state index in [0.717, 1.165) is 42.5 Å². The van der Waals surface area contributed by atoms with E-state index in [2.05, 4.69) is 39.3 Å². The molecule has 0 spiro atoms. The van der Waals surface area contributed by atoms with Gasteiger partial charge in [0.15, 0.2) is 5.82 Å². The Morgan fingerprint density at radius 1 is 1.16 bits per heavy atom. The zero-order valence-corrected chi connectivity index (χ0v) is 14.5. The zero-order valence-electron chi connectivity index (χ0n) is 14.5. The summed E-state index contributed by atoms with van der Waals surface area (Å²) in [6.07, 6.45) is 2.95. The Morgan fingerprint density at radius 2 is 2.00 bits per heavy atom. The number of aromatic nitrogens is 6. The number of nitrogens with zero attached hydrogens (tertiary/aromatic N) is 7. The van der Waals surface area contributed by atoms with Crippen LogP contribution in [0.5, 0.6) is 0 Å². The maximum absolute atomic E-state index is 4.76. The minimum Gasteiger partial charge on any atom is -0.290 e. The molecule has 0 radical (unpaired) electrons. The van der Waals surface area contributed by atoms with Gasteiger partial charge in [-0.15, -0.1) is 5.10 Å². The van der Waals surface area contributed by atoms with Gasteiger partial charge in [0.1, 0.15) is 5.82 Å². The molecule has 25 heavy (non-hydrogen) atoms. The number of hydrogen-bond donors (Lipinski definition) is 0. The Labute approximate surface area is 146 Å². The molecular weight excluding hydrogens is 314 g/mol. The topological polar surface area (TPSA) is 72.6 Å². The molecule has 0 bridgehead atoms. The summed E-state index contributed by atoms with van der Waals surface area (Å²) >= 11 is 0. The van der Waals surface area contributed by atoms with Gasteiger partial charge in [0.2, 0.25) is 0 Å². The highest BCUT2D eigenvalue weighted by Crippen LogP contribution is 2.20. The first-order valence-electron chi connectivity index (χ1n) is 8.60. The van der Waals surface area contributed by atoms with Crippen LogP contribution in [0.15, 0.2) is 36.5 Å². The van der Waals surface area contributed by atoms with Crippen LogP contribution < -0.4 is 0 Å². The molecule has 3 heterocycles. The van der Waals surface area contributed by atoms with Gasteiger partial charge in [0, 0.05) is 25.2 Å². The maximum atomic E-state index is 4.76. The summed E-state index contributed by atoms with van der Waals surface area (Å²) in [4.78, 5) is 11.6. The molecule has 2 aromatic heterocycles. The van der Waals surface area contributed by atoms with Gasteiger partial charge in [-0.1, -0.05) is 32.0 Å². The van der Waals surface area contributed by atoms with Gasteiger partial charge < -0.3 is 0 Å². The van der Waals surface area contributed by atoms with Gasteiger partial charge in [-0.2, -0.15) is 4.68 Å². The van der Waals surface area contributed by atoms with Crippen molar-refractivity contribution in [3.05, 3.63) is 59.4 Å². The third-order valence-electron chi connectivity index (χ3n) is 4.46. The Balaban J connectivity index is 1.54. The normalized spacial score (nSPS) is 14.7. The molecule has 3 aromatic rings.